The number of carbonyl (C=O) groups is 1. The third-order valence-corrected chi connectivity index (χ3v) is 6.39. The van der Waals surface area contributed by atoms with E-state index in [1.54, 1.807) is 25.1 Å². The Hall–Kier alpha value is -2.87. The summed E-state index contributed by atoms with van der Waals surface area (Å²) in [6.07, 6.45) is 0. The molecule has 8 heteroatoms. The second kappa shape index (κ2) is 9.96. The van der Waals surface area contributed by atoms with Crippen LogP contribution in [0.4, 0.5) is 5.69 Å². The third-order valence-electron chi connectivity index (χ3n) is 4.58. The number of carbonyl (C=O) groups excluding carboxylic acids is 1. The number of rotatable bonds is 8. The Balaban J connectivity index is 1.59. The van der Waals surface area contributed by atoms with Crippen LogP contribution >= 0.6 is 11.6 Å². The Morgan fingerprint density at radius 1 is 0.968 bits per heavy atom. The number of ether oxygens (including phenoxy) is 1. The van der Waals surface area contributed by atoms with Crippen molar-refractivity contribution in [1.82, 2.24) is 4.72 Å². The van der Waals surface area contributed by atoms with Crippen LogP contribution in [0.3, 0.4) is 0 Å². The Labute approximate surface area is 187 Å². The molecule has 3 aromatic rings. The average Bonchev–Trinajstić information content (AvgIpc) is 2.75. The topological polar surface area (TPSA) is 84.5 Å². The lowest BCUT2D eigenvalue weighted by Gasteiger charge is -2.12. The molecule has 0 spiro atoms. The van der Waals surface area contributed by atoms with Crippen LogP contribution in [0.25, 0.3) is 0 Å². The summed E-state index contributed by atoms with van der Waals surface area (Å²) in [5.74, 6) is 0.0830. The lowest BCUT2D eigenvalue weighted by Crippen LogP contribution is -2.23. The van der Waals surface area contributed by atoms with E-state index >= 15 is 0 Å². The summed E-state index contributed by atoms with van der Waals surface area (Å²) in [6, 6.07) is 19.0. The fourth-order valence-electron chi connectivity index (χ4n) is 2.82. The molecule has 2 N–H and O–H groups in total. The van der Waals surface area contributed by atoms with Crippen molar-refractivity contribution in [3.8, 4) is 5.75 Å². The standard InChI is InChI=1S/C23H23ClN2O4S/c1-16-8-9-19(13-21(16)24)26-23(27)15-30-22-11-10-20(12-17(22)2)31(28,29)25-14-18-6-4-3-5-7-18/h3-13,25H,14-15H2,1-2H3,(H,26,27). The predicted octanol–water partition coefficient (Wildman–Crippen LogP) is 4.45. The number of amides is 1. The van der Waals surface area contributed by atoms with Crippen LogP contribution in [-0.4, -0.2) is 20.9 Å². The van der Waals surface area contributed by atoms with Crippen LogP contribution in [0.5, 0.6) is 5.75 Å². The maximum Gasteiger partial charge on any atom is 0.262 e. The van der Waals surface area contributed by atoms with Gasteiger partial charge >= 0.3 is 0 Å². The molecule has 0 aromatic heterocycles. The second-order valence-corrected chi connectivity index (χ2v) is 9.21. The van der Waals surface area contributed by atoms with Crippen molar-refractivity contribution in [3.05, 3.63) is 88.4 Å². The third kappa shape index (κ3) is 6.30. The molecule has 3 rings (SSSR count). The SMILES string of the molecule is Cc1ccc(NC(=O)COc2ccc(S(=O)(=O)NCc3ccccc3)cc2C)cc1Cl. The maximum absolute atomic E-state index is 12.6. The number of hydrogen-bond acceptors (Lipinski definition) is 4. The van der Waals surface area contributed by atoms with E-state index in [0.29, 0.717) is 22.0 Å². The molecule has 0 saturated heterocycles. The number of halogens is 1. The van der Waals surface area contributed by atoms with Gasteiger partial charge in [0.2, 0.25) is 10.0 Å². The summed E-state index contributed by atoms with van der Waals surface area (Å²) in [5.41, 5.74) is 2.96. The van der Waals surface area contributed by atoms with E-state index in [1.807, 2.05) is 43.3 Å². The molecule has 0 aliphatic rings. The molecule has 0 fully saturated rings. The number of hydrogen-bond donors (Lipinski definition) is 2. The molecule has 0 atom stereocenters. The molecular weight excluding hydrogens is 436 g/mol. The van der Waals surface area contributed by atoms with Crippen molar-refractivity contribution in [3.63, 3.8) is 0 Å². The normalized spacial score (nSPS) is 11.2. The summed E-state index contributed by atoms with van der Waals surface area (Å²) in [4.78, 5) is 12.3. The van der Waals surface area contributed by atoms with Gasteiger partial charge in [0.1, 0.15) is 5.75 Å². The molecule has 3 aromatic carbocycles. The zero-order chi connectivity index (χ0) is 22.4. The van der Waals surface area contributed by atoms with Gasteiger partial charge in [0.05, 0.1) is 4.90 Å². The van der Waals surface area contributed by atoms with Gasteiger partial charge in [-0.1, -0.05) is 48.0 Å². The quantitative estimate of drug-likeness (QED) is 0.522. The van der Waals surface area contributed by atoms with Gasteiger partial charge < -0.3 is 10.1 Å². The molecular formula is C23H23ClN2O4S. The van der Waals surface area contributed by atoms with Gasteiger partial charge in [-0.2, -0.15) is 0 Å². The predicted molar refractivity (Wildman–Crippen MR) is 122 cm³/mol. The molecule has 0 unspecified atom stereocenters. The van der Waals surface area contributed by atoms with Crippen LogP contribution < -0.4 is 14.8 Å². The highest BCUT2D eigenvalue weighted by atomic mass is 35.5. The molecule has 162 valence electrons. The van der Waals surface area contributed by atoms with E-state index in [-0.39, 0.29) is 24.0 Å². The van der Waals surface area contributed by atoms with Crippen molar-refractivity contribution >= 4 is 33.2 Å². The van der Waals surface area contributed by atoms with Gasteiger partial charge in [-0.15, -0.1) is 0 Å². The summed E-state index contributed by atoms with van der Waals surface area (Å²) < 4.78 is 33.3. The Morgan fingerprint density at radius 2 is 1.71 bits per heavy atom. The zero-order valence-corrected chi connectivity index (χ0v) is 18.8. The molecule has 0 aliphatic carbocycles. The largest absolute Gasteiger partial charge is 0.483 e. The van der Waals surface area contributed by atoms with Crippen molar-refractivity contribution < 1.29 is 17.9 Å². The van der Waals surface area contributed by atoms with Crippen molar-refractivity contribution in [1.29, 1.82) is 0 Å². The van der Waals surface area contributed by atoms with Crippen molar-refractivity contribution in [2.24, 2.45) is 0 Å². The van der Waals surface area contributed by atoms with Crippen LogP contribution in [0.1, 0.15) is 16.7 Å². The number of sulfonamides is 1. The first-order chi connectivity index (χ1) is 14.7. The summed E-state index contributed by atoms with van der Waals surface area (Å²) in [5, 5.41) is 3.28. The van der Waals surface area contributed by atoms with E-state index in [0.717, 1.165) is 11.1 Å². The minimum Gasteiger partial charge on any atom is -0.483 e. The number of benzene rings is 3. The lowest BCUT2D eigenvalue weighted by atomic mass is 10.2. The first-order valence-corrected chi connectivity index (χ1v) is 11.4. The maximum atomic E-state index is 12.6. The first-order valence-electron chi connectivity index (χ1n) is 9.57. The number of nitrogens with one attached hydrogen (secondary N) is 2. The minimum atomic E-state index is -3.67. The molecule has 0 aliphatic heterocycles. The lowest BCUT2D eigenvalue weighted by molar-refractivity contribution is -0.118. The van der Waals surface area contributed by atoms with E-state index in [2.05, 4.69) is 10.0 Å². The first kappa shape index (κ1) is 22.8. The van der Waals surface area contributed by atoms with Gasteiger partial charge in [-0.3, -0.25) is 4.79 Å². The molecule has 6 nitrogen and oxygen atoms in total. The van der Waals surface area contributed by atoms with Gasteiger partial charge in [0.15, 0.2) is 6.61 Å². The smallest absolute Gasteiger partial charge is 0.262 e. The average molecular weight is 459 g/mol. The van der Waals surface area contributed by atoms with Crippen LogP contribution in [0.15, 0.2) is 71.6 Å². The monoisotopic (exact) mass is 458 g/mol. The Kier molecular flexibility index (Phi) is 7.33. The Bertz CT molecular complexity index is 1180. The highest BCUT2D eigenvalue weighted by Gasteiger charge is 2.16. The highest BCUT2D eigenvalue weighted by Crippen LogP contribution is 2.23. The fraction of sp³-hybridized carbons (Fsp3) is 0.174. The summed E-state index contributed by atoms with van der Waals surface area (Å²) in [7, 11) is -3.67. The van der Waals surface area contributed by atoms with Crippen LogP contribution in [0.2, 0.25) is 5.02 Å². The minimum absolute atomic E-state index is 0.132. The second-order valence-electron chi connectivity index (χ2n) is 7.04. The highest BCUT2D eigenvalue weighted by molar-refractivity contribution is 7.89. The van der Waals surface area contributed by atoms with Gasteiger partial charge in [-0.05, 0) is 60.9 Å². The fourth-order valence-corrected chi connectivity index (χ4v) is 4.10. The molecule has 31 heavy (non-hydrogen) atoms. The Morgan fingerprint density at radius 3 is 2.39 bits per heavy atom. The van der Waals surface area contributed by atoms with Gasteiger partial charge in [-0.25, -0.2) is 13.1 Å². The van der Waals surface area contributed by atoms with E-state index in [9.17, 15) is 13.2 Å². The van der Waals surface area contributed by atoms with Crippen molar-refractivity contribution in [2.75, 3.05) is 11.9 Å². The van der Waals surface area contributed by atoms with Gasteiger partial charge in [0, 0.05) is 17.3 Å². The molecule has 0 saturated carbocycles. The summed E-state index contributed by atoms with van der Waals surface area (Å²) >= 11 is 6.06. The van der Waals surface area contributed by atoms with Crippen LogP contribution in [-0.2, 0) is 21.4 Å². The zero-order valence-electron chi connectivity index (χ0n) is 17.2. The van der Waals surface area contributed by atoms with Crippen LogP contribution in [0, 0.1) is 13.8 Å². The van der Waals surface area contributed by atoms with Gasteiger partial charge in [0.25, 0.3) is 5.91 Å². The molecule has 0 heterocycles. The van der Waals surface area contributed by atoms with E-state index < -0.39 is 10.0 Å². The molecule has 1 amide bonds. The summed E-state index contributed by atoms with van der Waals surface area (Å²) in [6.45, 7) is 3.58. The molecule has 0 bridgehead atoms. The van der Waals surface area contributed by atoms with E-state index in [1.165, 1.54) is 12.1 Å². The van der Waals surface area contributed by atoms with Crippen molar-refractivity contribution in [2.45, 2.75) is 25.3 Å². The molecule has 0 radical (unpaired) electrons. The number of anilines is 1. The van der Waals surface area contributed by atoms with E-state index in [4.69, 9.17) is 16.3 Å². The number of aryl methyl sites for hydroxylation is 2.